The van der Waals surface area contributed by atoms with Crippen molar-refractivity contribution < 1.29 is 13.9 Å². The van der Waals surface area contributed by atoms with Gasteiger partial charge in [0, 0.05) is 16.6 Å². The first-order valence-corrected chi connectivity index (χ1v) is 8.49. The lowest BCUT2D eigenvalue weighted by Crippen LogP contribution is -2.14. The van der Waals surface area contributed by atoms with Crippen molar-refractivity contribution in [3.63, 3.8) is 0 Å². The van der Waals surface area contributed by atoms with E-state index in [0.29, 0.717) is 6.61 Å². The molecule has 2 aromatic carbocycles. The van der Waals surface area contributed by atoms with Crippen molar-refractivity contribution >= 4 is 22.6 Å². The van der Waals surface area contributed by atoms with Crippen LogP contribution >= 0.6 is 0 Å². The van der Waals surface area contributed by atoms with Gasteiger partial charge in [-0.1, -0.05) is 6.07 Å². The highest BCUT2D eigenvalue weighted by Gasteiger charge is 2.15. The number of fused-ring (bicyclic) bond motifs is 1. The Labute approximate surface area is 147 Å². The molecule has 0 unspecified atom stereocenters. The van der Waals surface area contributed by atoms with E-state index >= 15 is 0 Å². The molecule has 4 nitrogen and oxygen atoms in total. The number of carbonyl (C=O) groups is 1. The number of hydrogen-bond acceptors (Lipinski definition) is 3. The second kappa shape index (κ2) is 7.01. The Balaban J connectivity index is 1.77. The molecule has 0 spiro atoms. The van der Waals surface area contributed by atoms with E-state index in [1.54, 1.807) is 6.26 Å². The van der Waals surface area contributed by atoms with Crippen molar-refractivity contribution in [1.82, 2.24) is 0 Å². The van der Waals surface area contributed by atoms with E-state index in [1.165, 1.54) is 5.56 Å². The van der Waals surface area contributed by atoms with Gasteiger partial charge in [0.05, 0.1) is 19.3 Å². The summed E-state index contributed by atoms with van der Waals surface area (Å²) in [7, 11) is 0. The van der Waals surface area contributed by atoms with Gasteiger partial charge in [-0.25, -0.2) is 0 Å². The fourth-order valence-electron chi connectivity index (χ4n) is 3.10. The minimum atomic E-state index is -0.0653. The SMILES string of the molecule is CCOc1ccc(NC(=O)Cc2coc3c(C)c(C)cc(C)c23)cc1. The standard InChI is InChI=1S/C21H23NO3/c1-5-24-18-8-6-17(7-9-18)22-19(23)11-16-12-25-21-15(4)13(2)10-14(3)20(16)21/h6-10,12H,5,11H2,1-4H3,(H,22,23). The molecule has 0 fully saturated rings. The predicted molar refractivity (Wildman–Crippen MR) is 100 cm³/mol. The molecule has 0 aliphatic carbocycles. The number of hydrogen-bond donors (Lipinski definition) is 1. The molecule has 1 N–H and O–H groups in total. The summed E-state index contributed by atoms with van der Waals surface area (Å²) in [4.78, 5) is 12.4. The largest absolute Gasteiger partial charge is 0.494 e. The Bertz CT molecular complexity index is 907. The highest BCUT2D eigenvalue weighted by Crippen LogP contribution is 2.30. The molecular formula is C21H23NO3. The van der Waals surface area contributed by atoms with E-state index in [2.05, 4.69) is 25.2 Å². The third-order valence-corrected chi connectivity index (χ3v) is 4.43. The molecule has 130 valence electrons. The number of rotatable bonds is 5. The van der Waals surface area contributed by atoms with Crippen molar-refractivity contribution in [2.24, 2.45) is 0 Å². The van der Waals surface area contributed by atoms with Crippen LogP contribution in [-0.2, 0) is 11.2 Å². The number of anilines is 1. The summed E-state index contributed by atoms with van der Waals surface area (Å²) in [6.45, 7) is 8.73. The van der Waals surface area contributed by atoms with Crippen LogP contribution in [0.5, 0.6) is 5.75 Å². The Hall–Kier alpha value is -2.75. The van der Waals surface area contributed by atoms with Gasteiger partial charge in [0.15, 0.2) is 0 Å². The van der Waals surface area contributed by atoms with Crippen LogP contribution in [0.3, 0.4) is 0 Å². The lowest BCUT2D eigenvalue weighted by molar-refractivity contribution is -0.115. The van der Waals surface area contributed by atoms with Gasteiger partial charge in [-0.15, -0.1) is 0 Å². The van der Waals surface area contributed by atoms with Crippen LogP contribution in [0.25, 0.3) is 11.0 Å². The zero-order valence-electron chi connectivity index (χ0n) is 15.1. The number of benzene rings is 2. The van der Waals surface area contributed by atoms with Gasteiger partial charge < -0.3 is 14.5 Å². The lowest BCUT2D eigenvalue weighted by Gasteiger charge is -2.08. The summed E-state index contributed by atoms with van der Waals surface area (Å²) >= 11 is 0. The summed E-state index contributed by atoms with van der Waals surface area (Å²) in [5.41, 5.74) is 6.00. The number of aryl methyl sites for hydroxylation is 3. The van der Waals surface area contributed by atoms with Crippen LogP contribution in [0.4, 0.5) is 5.69 Å². The van der Waals surface area contributed by atoms with Crippen molar-refractivity contribution in [2.75, 3.05) is 11.9 Å². The monoisotopic (exact) mass is 337 g/mol. The molecule has 0 saturated carbocycles. The third kappa shape index (κ3) is 3.53. The molecule has 25 heavy (non-hydrogen) atoms. The maximum absolute atomic E-state index is 12.4. The van der Waals surface area contributed by atoms with Crippen LogP contribution in [0, 0.1) is 20.8 Å². The van der Waals surface area contributed by atoms with E-state index in [0.717, 1.165) is 39.1 Å². The zero-order valence-corrected chi connectivity index (χ0v) is 15.1. The Morgan fingerprint density at radius 1 is 1.12 bits per heavy atom. The maximum Gasteiger partial charge on any atom is 0.228 e. The summed E-state index contributed by atoms with van der Waals surface area (Å²) in [5.74, 6) is 0.729. The van der Waals surface area contributed by atoms with Crippen LogP contribution in [0.1, 0.15) is 29.2 Å². The number of nitrogens with one attached hydrogen (secondary N) is 1. The first-order chi connectivity index (χ1) is 12.0. The molecule has 0 radical (unpaired) electrons. The van der Waals surface area contributed by atoms with Gasteiger partial charge in [0.2, 0.25) is 5.91 Å². The molecule has 1 aromatic heterocycles. The molecule has 3 aromatic rings. The first kappa shape index (κ1) is 17.1. The smallest absolute Gasteiger partial charge is 0.228 e. The van der Waals surface area contributed by atoms with Gasteiger partial charge >= 0.3 is 0 Å². The fourth-order valence-corrected chi connectivity index (χ4v) is 3.10. The Kier molecular flexibility index (Phi) is 4.79. The minimum Gasteiger partial charge on any atom is -0.494 e. The van der Waals surface area contributed by atoms with Crippen molar-refractivity contribution in [2.45, 2.75) is 34.1 Å². The van der Waals surface area contributed by atoms with Gasteiger partial charge in [0.1, 0.15) is 11.3 Å². The van der Waals surface area contributed by atoms with Crippen molar-refractivity contribution in [3.8, 4) is 5.75 Å². The molecular weight excluding hydrogens is 314 g/mol. The minimum absolute atomic E-state index is 0.0653. The molecule has 0 aliphatic rings. The third-order valence-electron chi connectivity index (χ3n) is 4.43. The second-order valence-corrected chi connectivity index (χ2v) is 6.28. The molecule has 1 amide bonds. The topological polar surface area (TPSA) is 51.5 Å². The lowest BCUT2D eigenvalue weighted by atomic mass is 9.99. The zero-order chi connectivity index (χ0) is 18.0. The average molecular weight is 337 g/mol. The van der Waals surface area contributed by atoms with Gasteiger partial charge in [-0.2, -0.15) is 0 Å². The summed E-state index contributed by atoms with van der Waals surface area (Å²) in [6, 6.07) is 9.52. The Morgan fingerprint density at radius 2 is 1.84 bits per heavy atom. The van der Waals surface area contributed by atoms with Crippen LogP contribution < -0.4 is 10.1 Å². The number of ether oxygens (including phenoxy) is 1. The molecule has 4 heteroatoms. The summed E-state index contributed by atoms with van der Waals surface area (Å²) < 4.78 is 11.1. The highest BCUT2D eigenvalue weighted by molar-refractivity contribution is 5.96. The summed E-state index contributed by atoms with van der Waals surface area (Å²) in [5, 5.41) is 3.97. The number of carbonyl (C=O) groups excluding carboxylic acids is 1. The van der Waals surface area contributed by atoms with Gasteiger partial charge in [-0.3, -0.25) is 4.79 Å². The molecule has 3 rings (SSSR count). The van der Waals surface area contributed by atoms with Crippen LogP contribution in [-0.4, -0.2) is 12.5 Å². The highest BCUT2D eigenvalue weighted by atomic mass is 16.5. The quantitative estimate of drug-likeness (QED) is 0.717. The van der Waals surface area contributed by atoms with Crippen molar-refractivity contribution in [3.05, 3.63) is 58.8 Å². The number of furan rings is 1. The molecule has 0 aliphatic heterocycles. The molecule has 0 bridgehead atoms. The molecule has 0 saturated heterocycles. The van der Waals surface area contributed by atoms with E-state index in [9.17, 15) is 4.79 Å². The van der Waals surface area contributed by atoms with Crippen LogP contribution in [0.2, 0.25) is 0 Å². The van der Waals surface area contributed by atoms with E-state index in [1.807, 2.05) is 38.1 Å². The van der Waals surface area contributed by atoms with Crippen molar-refractivity contribution in [1.29, 1.82) is 0 Å². The van der Waals surface area contributed by atoms with Crippen LogP contribution in [0.15, 0.2) is 41.0 Å². The first-order valence-electron chi connectivity index (χ1n) is 8.49. The normalized spacial score (nSPS) is 10.9. The van der Waals surface area contributed by atoms with Gasteiger partial charge in [-0.05, 0) is 68.7 Å². The average Bonchev–Trinajstić information content (AvgIpc) is 2.99. The maximum atomic E-state index is 12.4. The number of amides is 1. The molecule has 0 atom stereocenters. The second-order valence-electron chi connectivity index (χ2n) is 6.28. The Morgan fingerprint density at radius 3 is 2.52 bits per heavy atom. The summed E-state index contributed by atoms with van der Waals surface area (Å²) in [6.07, 6.45) is 1.98. The van der Waals surface area contributed by atoms with Gasteiger partial charge in [0.25, 0.3) is 0 Å². The fraction of sp³-hybridized carbons (Fsp3) is 0.286. The predicted octanol–water partition coefficient (Wildman–Crippen LogP) is 4.94. The van der Waals surface area contributed by atoms with E-state index in [-0.39, 0.29) is 12.3 Å². The van der Waals surface area contributed by atoms with E-state index < -0.39 is 0 Å². The van der Waals surface area contributed by atoms with E-state index in [4.69, 9.17) is 9.15 Å². The molecule has 1 heterocycles.